The van der Waals surface area contributed by atoms with E-state index in [-0.39, 0.29) is 18.6 Å². The number of hydrogen-bond donors (Lipinski definition) is 1. The van der Waals surface area contributed by atoms with E-state index in [2.05, 4.69) is 5.32 Å². The molecule has 1 aromatic rings. The molecule has 20 heavy (non-hydrogen) atoms. The molecule has 2 aliphatic rings. The fourth-order valence-corrected chi connectivity index (χ4v) is 3.16. The maximum absolute atomic E-state index is 11.9. The lowest BCUT2D eigenvalue weighted by molar-refractivity contribution is -0.126. The topological polar surface area (TPSA) is 47.6 Å². The summed E-state index contributed by atoms with van der Waals surface area (Å²) in [6, 6.07) is 5.62. The largest absolute Gasteiger partial charge is 0.484 e. The molecule has 1 aliphatic carbocycles. The van der Waals surface area contributed by atoms with Crippen molar-refractivity contribution in [3.05, 3.63) is 28.8 Å². The summed E-state index contributed by atoms with van der Waals surface area (Å²) in [4.78, 5) is 11.9. The van der Waals surface area contributed by atoms with E-state index in [4.69, 9.17) is 21.1 Å². The lowest BCUT2D eigenvalue weighted by Gasteiger charge is -2.39. The van der Waals surface area contributed by atoms with Crippen LogP contribution in [0.1, 0.15) is 18.4 Å². The van der Waals surface area contributed by atoms with Gasteiger partial charge in [0.15, 0.2) is 6.61 Å². The van der Waals surface area contributed by atoms with Crippen LogP contribution in [0.15, 0.2) is 18.2 Å². The van der Waals surface area contributed by atoms with Crippen LogP contribution in [0.2, 0.25) is 5.02 Å². The molecule has 1 heterocycles. The smallest absolute Gasteiger partial charge is 0.258 e. The van der Waals surface area contributed by atoms with Gasteiger partial charge in [-0.15, -0.1) is 0 Å². The summed E-state index contributed by atoms with van der Waals surface area (Å²) >= 11 is 5.88. The van der Waals surface area contributed by atoms with Gasteiger partial charge in [0, 0.05) is 23.6 Å². The van der Waals surface area contributed by atoms with Crippen LogP contribution in [0.4, 0.5) is 0 Å². The lowest BCUT2D eigenvalue weighted by Crippen LogP contribution is -2.54. The number of hydrogen-bond acceptors (Lipinski definition) is 3. The Balaban J connectivity index is 1.47. The van der Waals surface area contributed by atoms with Crippen LogP contribution in [0.3, 0.4) is 0 Å². The van der Waals surface area contributed by atoms with E-state index in [0.29, 0.717) is 22.8 Å². The van der Waals surface area contributed by atoms with E-state index in [1.807, 2.05) is 13.0 Å². The SMILES string of the molecule is Cc1cc(Cl)ccc1OCC(=O)N[C@H]1C[C@@H]2OCC[C@H]12. The monoisotopic (exact) mass is 295 g/mol. The number of ether oxygens (including phenoxy) is 2. The summed E-state index contributed by atoms with van der Waals surface area (Å²) in [5, 5.41) is 3.69. The summed E-state index contributed by atoms with van der Waals surface area (Å²) in [5.74, 6) is 1.12. The average Bonchev–Trinajstić information content (AvgIpc) is 2.76. The van der Waals surface area contributed by atoms with Crippen LogP contribution < -0.4 is 10.1 Å². The Hall–Kier alpha value is -1.26. The highest BCUT2D eigenvalue weighted by Crippen LogP contribution is 2.38. The van der Waals surface area contributed by atoms with Crippen LogP contribution in [0.5, 0.6) is 5.75 Å². The fourth-order valence-electron chi connectivity index (χ4n) is 2.93. The van der Waals surface area contributed by atoms with Gasteiger partial charge in [-0.3, -0.25) is 4.79 Å². The van der Waals surface area contributed by atoms with Crippen LogP contribution >= 0.6 is 11.6 Å². The molecule has 1 aliphatic heterocycles. The van der Waals surface area contributed by atoms with E-state index in [9.17, 15) is 4.79 Å². The summed E-state index contributed by atoms with van der Waals surface area (Å²) in [6.45, 7) is 2.77. The van der Waals surface area contributed by atoms with E-state index in [1.54, 1.807) is 12.1 Å². The molecule has 0 unspecified atom stereocenters. The number of aryl methyl sites for hydroxylation is 1. The van der Waals surface area contributed by atoms with Gasteiger partial charge in [-0.1, -0.05) is 11.6 Å². The summed E-state index contributed by atoms with van der Waals surface area (Å²) in [6.07, 6.45) is 2.34. The van der Waals surface area contributed by atoms with E-state index in [1.165, 1.54) is 0 Å². The van der Waals surface area contributed by atoms with Crippen molar-refractivity contribution in [1.82, 2.24) is 5.32 Å². The van der Waals surface area contributed by atoms with Crippen molar-refractivity contribution in [2.24, 2.45) is 5.92 Å². The van der Waals surface area contributed by atoms with Gasteiger partial charge in [0.05, 0.1) is 6.10 Å². The van der Waals surface area contributed by atoms with Gasteiger partial charge in [-0.05, 0) is 43.5 Å². The molecule has 3 atom stereocenters. The number of carbonyl (C=O) groups is 1. The van der Waals surface area contributed by atoms with Gasteiger partial charge >= 0.3 is 0 Å². The van der Waals surface area contributed by atoms with Crippen molar-refractivity contribution in [3.63, 3.8) is 0 Å². The van der Waals surface area contributed by atoms with Gasteiger partial charge in [-0.2, -0.15) is 0 Å². The molecule has 0 bridgehead atoms. The molecule has 108 valence electrons. The third-order valence-electron chi connectivity index (χ3n) is 4.11. The Morgan fingerprint density at radius 2 is 2.40 bits per heavy atom. The zero-order chi connectivity index (χ0) is 14.1. The van der Waals surface area contributed by atoms with Gasteiger partial charge in [-0.25, -0.2) is 0 Å². The average molecular weight is 296 g/mol. The highest BCUT2D eigenvalue weighted by atomic mass is 35.5. The Bertz CT molecular complexity index is 520. The van der Waals surface area contributed by atoms with Crippen molar-refractivity contribution in [3.8, 4) is 5.75 Å². The molecule has 4 nitrogen and oxygen atoms in total. The molecule has 1 saturated heterocycles. The first kappa shape index (κ1) is 13.7. The maximum Gasteiger partial charge on any atom is 0.258 e. The number of carbonyl (C=O) groups excluding carboxylic acids is 1. The van der Waals surface area contributed by atoms with Crippen LogP contribution in [-0.4, -0.2) is 31.3 Å². The molecule has 1 amide bonds. The molecule has 3 rings (SSSR count). The van der Waals surface area contributed by atoms with Crippen molar-refractivity contribution >= 4 is 17.5 Å². The first-order valence-electron chi connectivity index (χ1n) is 6.93. The third-order valence-corrected chi connectivity index (χ3v) is 4.34. The van der Waals surface area contributed by atoms with Crippen molar-refractivity contribution in [2.45, 2.75) is 31.9 Å². The normalized spacial score (nSPS) is 27.6. The number of halogens is 1. The van der Waals surface area contributed by atoms with Crippen molar-refractivity contribution < 1.29 is 14.3 Å². The van der Waals surface area contributed by atoms with Gasteiger partial charge in [0.2, 0.25) is 0 Å². The summed E-state index contributed by atoms with van der Waals surface area (Å²) in [7, 11) is 0. The molecule has 1 saturated carbocycles. The van der Waals surface area contributed by atoms with Crippen LogP contribution in [-0.2, 0) is 9.53 Å². The minimum Gasteiger partial charge on any atom is -0.484 e. The molecular weight excluding hydrogens is 278 g/mol. The quantitative estimate of drug-likeness (QED) is 0.927. The zero-order valence-corrected chi connectivity index (χ0v) is 12.2. The fraction of sp³-hybridized carbons (Fsp3) is 0.533. The van der Waals surface area contributed by atoms with Crippen LogP contribution in [0.25, 0.3) is 0 Å². The minimum atomic E-state index is -0.0744. The molecule has 0 aromatic heterocycles. The summed E-state index contributed by atoms with van der Waals surface area (Å²) in [5.41, 5.74) is 0.929. The van der Waals surface area contributed by atoms with Gasteiger partial charge in [0.1, 0.15) is 5.75 Å². The van der Waals surface area contributed by atoms with Crippen LogP contribution in [0, 0.1) is 12.8 Å². The predicted molar refractivity (Wildman–Crippen MR) is 76.1 cm³/mol. The molecule has 1 N–H and O–H groups in total. The predicted octanol–water partition coefficient (Wildman–Crippen LogP) is 2.32. The second-order valence-corrected chi connectivity index (χ2v) is 5.91. The standard InChI is InChI=1S/C15H18ClNO3/c1-9-6-10(16)2-3-13(9)20-8-15(18)17-12-7-14-11(12)4-5-19-14/h2-3,6,11-12,14H,4-5,7-8H2,1H3,(H,17,18)/t11-,12+,14+/m1/s1. The number of benzene rings is 1. The number of nitrogens with one attached hydrogen (secondary N) is 1. The number of amides is 1. The van der Waals surface area contributed by atoms with Gasteiger partial charge in [0.25, 0.3) is 5.91 Å². The first-order chi connectivity index (χ1) is 9.63. The molecule has 5 heteroatoms. The molecule has 0 spiro atoms. The summed E-state index contributed by atoms with van der Waals surface area (Å²) < 4.78 is 11.1. The maximum atomic E-state index is 11.9. The van der Waals surface area contributed by atoms with E-state index >= 15 is 0 Å². The minimum absolute atomic E-state index is 0.0389. The Morgan fingerprint density at radius 3 is 3.15 bits per heavy atom. The molecule has 2 fully saturated rings. The van der Waals surface area contributed by atoms with Crippen molar-refractivity contribution in [2.75, 3.05) is 13.2 Å². The highest BCUT2D eigenvalue weighted by molar-refractivity contribution is 6.30. The van der Waals surface area contributed by atoms with E-state index < -0.39 is 0 Å². The Morgan fingerprint density at radius 1 is 1.55 bits per heavy atom. The zero-order valence-electron chi connectivity index (χ0n) is 11.4. The second-order valence-electron chi connectivity index (χ2n) is 5.47. The lowest BCUT2D eigenvalue weighted by atomic mass is 9.76. The highest BCUT2D eigenvalue weighted by Gasteiger charge is 2.45. The third kappa shape index (κ3) is 2.76. The van der Waals surface area contributed by atoms with Gasteiger partial charge < -0.3 is 14.8 Å². The Kier molecular flexibility index (Phi) is 3.85. The van der Waals surface area contributed by atoms with E-state index in [0.717, 1.165) is 25.0 Å². The number of fused-ring (bicyclic) bond motifs is 1. The Labute approximate surface area is 123 Å². The molecule has 1 aromatic carbocycles. The molecule has 0 radical (unpaired) electrons. The molecular formula is C15H18ClNO3. The first-order valence-corrected chi connectivity index (χ1v) is 7.31. The second kappa shape index (κ2) is 5.62. The van der Waals surface area contributed by atoms with Crippen molar-refractivity contribution in [1.29, 1.82) is 0 Å². The number of rotatable bonds is 4.